The highest BCUT2D eigenvalue weighted by Crippen LogP contribution is 2.34. The lowest BCUT2D eigenvalue weighted by Gasteiger charge is -2.32. The molecule has 22 heavy (non-hydrogen) atoms. The Morgan fingerprint density at radius 2 is 1.82 bits per heavy atom. The maximum absolute atomic E-state index is 12.8. The van der Waals surface area contributed by atoms with Crippen molar-refractivity contribution >= 4 is 11.7 Å². The van der Waals surface area contributed by atoms with Gasteiger partial charge in [0.25, 0.3) is 0 Å². The van der Waals surface area contributed by atoms with Crippen LogP contribution in [0.5, 0.6) is 0 Å². The molecule has 122 valence electrons. The average Bonchev–Trinajstić information content (AvgIpc) is 2.46. The summed E-state index contributed by atoms with van der Waals surface area (Å²) in [6, 6.07) is 4.02. The van der Waals surface area contributed by atoms with E-state index in [4.69, 9.17) is 0 Å². The Hall–Kier alpha value is -1.76. The molecule has 0 aromatic heterocycles. The Labute approximate surface area is 126 Å². The van der Waals surface area contributed by atoms with Gasteiger partial charge in [0.15, 0.2) is 0 Å². The van der Waals surface area contributed by atoms with Gasteiger partial charge in [-0.2, -0.15) is 13.2 Å². The predicted octanol–water partition coefficient (Wildman–Crippen LogP) is 3.52. The molecule has 0 atom stereocenters. The summed E-state index contributed by atoms with van der Waals surface area (Å²) in [7, 11) is 0. The summed E-state index contributed by atoms with van der Waals surface area (Å²) in [6.45, 7) is 0.0347. The average molecular weight is 316 g/mol. The van der Waals surface area contributed by atoms with Gasteiger partial charge in [0, 0.05) is 6.54 Å². The van der Waals surface area contributed by atoms with Gasteiger partial charge in [-0.05, 0) is 25.0 Å². The first-order valence-electron chi connectivity index (χ1n) is 7.24. The van der Waals surface area contributed by atoms with Crippen molar-refractivity contribution in [2.75, 3.05) is 11.9 Å². The van der Waals surface area contributed by atoms with Gasteiger partial charge >= 0.3 is 12.2 Å². The largest absolute Gasteiger partial charge is 0.418 e. The summed E-state index contributed by atoms with van der Waals surface area (Å²) in [5.41, 5.74) is -2.16. The van der Waals surface area contributed by atoms with Gasteiger partial charge in [-0.1, -0.05) is 31.4 Å². The highest BCUT2D eigenvalue weighted by Gasteiger charge is 2.34. The van der Waals surface area contributed by atoms with E-state index in [9.17, 15) is 23.1 Å². The van der Waals surface area contributed by atoms with Crippen LogP contribution in [-0.2, 0) is 6.18 Å². The summed E-state index contributed by atoms with van der Waals surface area (Å²) in [6.07, 6.45) is -0.537. The topological polar surface area (TPSA) is 61.4 Å². The number of alkyl halides is 3. The molecule has 0 aliphatic heterocycles. The molecular formula is C15H19F3N2O2. The number of benzene rings is 1. The van der Waals surface area contributed by atoms with E-state index in [1.165, 1.54) is 18.2 Å². The van der Waals surface area contributed by atoms with Crippen LogP contribution in [0.3, 0.4) is 0 Å². The van der Waals surface area contributed by atoms with Crippen LogP contribution < -0.4 is 10.6 Å². The molecule has 1 saturated carbocycles. The number of carbonyl (C=O) groups is 1. The third-order valence-electron chi connectivity index (χ3n) is 3.84. The van der Waals surface area contributed by atoms with Crippen molar-refractivity contribution in [3.05, 3.63) is 29.8 Å². The molecule has 3 N–H and O–H groups in total. The van der Waals surface area contributed by atoms with E-state index in [2.05, 4.69) is 10.6 Å². The Morgan fingerprint density at radius 1 is 1.18 bits per heavy atom. The molecule has 0 saturated heterocycles. The highest BCUT2D eigenvalue weighted by atomic mass is 19.4. The standard InChI is InChI=1S/C15H19F3N2O2/c16-15(17,18)11-6-2-3-7-12(11)20-13(21)19-10-14(22)8-4-1-5-9-14/h2-3,6-7,22H,1,4-5,8-10H2,(H2,19,20,21). The van der Waals surface area contributed by atoms with Crippen molar-refractivity contribution in [1.29, 1.82) is 0 Å². The molecule has 2 amide bonds. The molecule has 0 unspecified atom stereocenters. The molecule has 1 aromatic rings. The van der Waals surface area contributed by atoms with Crippen molar-refractivity contribution in [1.82, 2.24) is 5.32 Å². The number of urea groups is 1. The number of rotatable bonds is 3. The monoisotopic (exact) mass is 316 g/mol. The van der Waals surface area contributed by atoms with E-state index in [1.54, 1.807) is 0 Å². The molecule has 0 heterocycles. The smallest absolute Gasteiger partial charge is 0.388 e. The number of aliphatic hydroxyl groups is 1. The van der Waals surface area contributed by atoms with Crippen LogP contribution in [0.1, 0.15) is 37.7 Å². The van der Waals surface area contributed by atoms with Crippen LogP contribution in [-0.4, -0.2) is 23.3 Å². The molecule has 2 rings (SSSR count). The van der Waals surface area contributed by atoms with Crippen LogP contribution in [0.2, 0.25) is 0 Å². The lowest BCUT2D eigenvalue weighted by Crippen LogP contribution is -2.45. The second kappa shape index (κ2) is 6.56. The Morgan fingerprint density at radius 3 is 2.45 bits per heavy atom. The number of hydrogen-bond acceptors (Lipinski definition) is 2. The summed E-state index contributed by atoms with van der Waals surface area (Å²) < 4.78 is 38.5. The zero-order chi connectivity index (χ0) is 16.2. The van der Waals surface area contributed by atoms with Gasteiger partial charge in [0.05, 0.1) is 16.9 Å². The summed E-state index contributed by atoms with van der Waals surface area (Å²) >= 11 is 0. The molecule has 4 nitrogen and oxygen atoms in total. The third kappa shape index (κ3) is 4.37. The zero-order valence-electron chi connectivity index (χ0n) is 12.0. The second-order valence-electron chi connectivity index (χ2n) is 5.64. The molecule has 0 spiro atoms. The Kier molecular flexibility index (Phi) is 4.95. The lowest BCUT2D eigenvalue weighted by molar-refractivity contribution is -0.136. The number of nitrogens with one attached hydrogen (secondary N) is 2. The molecule has 1 aliphatic carbocycles. The van der Waals surface area contributed by atoms with Gasteiger partial charge in [-0.3, -0.25) is 0 Å². The number of halogens is 3. The summed E-state index contributed by atoms with van der Waals surface area (Å²) in [4.78, 5) is 11.8. The number of amides is 2. The number of hydrogen-bond donors (Lipinski definition) is 3. The number of carbonyl (C=O) groups excluding carboxylic acids is 1. The molecule has 0 bridgehead atoms. The van der Waals surface area contributed by atoms with Gasteiger partial charge < -0.3 is 15.7 Å². The van der Waals surface area contributed by atoms with E-state index in [0.717, 1.165) is 25.3 Å². The maximum atomic E-state index is 12.8. The van der Waals surface area contributed by atoms with Crippen LogP contribution in [0.4, 0.5) is 23.7 Å². The third-order valence-corrected chi connectivity index (χ3v) is 3.84. The summed E-state index contributed by atoms with van der Waals surface area (Å²) in [5, 5.41) is 14.9. The van der Waals surface area contributed by atoms with Crippen molar-refractivity contribution in [3.63, 3.8) is 0 Å². The fraction of sp³-hybridized carbons (Fsp3) is 0.533. The number of para-hydroxylation sites is 1. The van der Waals surface area contributed by atoms with Crippen LogP contribution in [0, 0.1) is 0 Å². The quantitative estimate of drug-likeness (QED) is 0.799. The highest BCUT2D eigenvalue weighted by molar-refractivity contribution is 5.90. The first-order valence-corrected chi connectivity index (χ1v) is 7.24. The SMILES string of the molecule is O=C(NCC1(O)CCCCC1)Nc1ccccc1C(F)(F)F. The van der Waals surface area contributed by atoms with Crippen molar-refractivity contribution < 1.29 is 23.1 Å². The zero-order valence-corrected chi connectivity index (χ0v) is 12.0. The maximum Gasteiger partial charge on any atom is 0.418 e. The van der Waals surface area contributed by atoms with Crippen molar-refractivity contribution in [2.24, 2.45) is 0 Å². The van der Waals surface area contributed by atoms with Gasteiger partial charge in [-0.25, -0.2) is 4.79 Å². The van der Waals surface area contributed by atoms with Gasteiger partial charge in [0.1, 0.15) is 0 Å². The fourth-order valence-corrected chi connectivity index (χ4v) is 2.64. The molecule has 1 aliphatic rings. The number of anilines is 1. The molecule has 7 heteroatoms. The second-order valence-corrected chi connectivity index (χ2v) is 5.64. The normalized spacial score (nSPS) is 17.8. The van der Waals surface area contributed by atoms with E-state index < -0.39 is 23.4 Å². The molecule has 1 fully saturated rings. The first kappa shape index (κ1) is 16.6. The minimum Gasteiger partial charge on any atom is -0.388 e. The lowest BCUT2D eigenvalue weighted by atomic mass is 9.85. The first-order chi connectivity index (χ1) is 10.3. The van der Waals surface area contributed by atoms with E-state index in [1.807, 2.05) is 0 Å². The molecule has 0 radical (unpaired) electrons. The minimum atomic E-state index is -4.54. The van der Waals surface area contributed by atoms with Crippen LogP contribution >= 0.6 is 0 Å². The van der Waals surface area contributed by atoms with Crippen molar-refractivity contribution in [2.45, 2.75) is 43.9 Å². The fourth-order valence-electron chi connectivity index (χ4n) is 2.64. The van der Waals surface area contributed by atoms with E-state index >= 15 is 0 Å². The Bertz CT molecular complexity index is 526. The van der Waals surface area contributed by atoms with Crippen LogP contribution in [0.25, 0.3) is 0 Å². The van der Waals surface area contributed by atoms with Gasteiger partial charge in [-0.15, -0.1) is 0 Å². The van der Waals surface area contributed by atoms with Crippen molar-refractivity contribution in [3.8, 4) is 0 Å². The van der Waals surface area contributed by atoms with E-state index in [-0.39, 0.29) is 12.2 Å². The van der Waals surface area contributed by atoms with Crippen LogP contribution in [0.15, 0.2) is 24.3 Å². The van der Waals surface area contributed by atoms with E-state index in [0.29, 0.717) is 12.8 Å². The Balaban J connectivity index is 1.95. The van der Waals surface area contributed by atoms with Gasteiger partial charge in [0.2, 0.25) is 0 Å². The minimum absolute atomic E-state index is 0.0347. The molecule has 1 aromatic carbocycles. The summed E-state index contributed by atoms with van der Waals surface area (Å²) in [5.74, 6) is 0. The molecular weight excluding hydrogens is 297 g/mol. The predicted molar refractivity (Wildman–Crippen MR) is 76.5 cm³/mol.